The Balaban J connectivity index is 2.04. The third kappa shape index (κ3) is 2.58. The summed E-state index contributed by atoms with van der Waals surface area (Å²) in [6.45, 7) is 2.12. The molecule has 0 saturated carbocycles. The molecule has 4 heteroatoms. The van der Waals surface area contributed by atoms with Gasteiger partial charge in [-0.25, -0.2) is 4.39 Å². The van der Waals surface area contributed by atoms with E-state index in [1.807, 2.05) is 6.07 Å². The highest BCUT2D eigenvalue weighted by Gasteiger charge is 2.36. The van der Waals surface area contributed by atoms with Crippen LogP contribution in [0, 0.1) is 5.82 Å². The second-order valence-electron chi connectivity index (χ2n) is 4.17. The Morgan fingerprint density at radius 1 is 1.56 bits per heavy atom. The monoisotopic (exact) mass is 226 g/mol. The standard InChI is InChI=1S/C12H15FO3/c1-12(15-8-11(7-14)16-12)6-9-3-2-4-10(13)5-9/h2-5,11,14H,6-8H2,1H3. The molecule has 2 rings (SSSR count). The molecule has 1 fully saturated rings. The van der Waals surface area contributed by atoms with Gasteiger partial charge in [-0.2, -0.15) is 0 Å². The van der Waals surface area contributed by atoms with Crippen LogP contribution in [0.5, 0.6) is 0 Å². The summed E-state index contributed by atoms with van der Waals surface area (Å²) in [5, 5.41) is 8.94. The molecule has 0 aromatic heterocycles. The molecular weight excluding hydrogens is 211 g/mol. The number of hydrogen-bond acceptors (Lipinski definition) is 3. The van der Waals surface area contributed by atoms with Gasteiger partial charge in [-0.05, 0) is 24.6 Å². The van der Waals surface area contributed by atoms with Gasteiger partial charge in [0.2, 0.25) is 0 Å². The van der Waals surface area contributed by atoms with Gasteiger partial charge >= 0.3 is 0 Å². The van der Waals surface area contributed by atoms with Gasteiger partial charge in [-0.1, -0.05) is 12.1 Å². The van der Waals surface area contributed by atoms with Crippen molar-refractivity contribution < 1.29 is 19.0 Å². The number of rotatable bonds is 3. The van der Waals surface area contributed by atoms with Crippen LogP contribution in [0.25, 0.3) is 0 Å². The van der Waals surface area contributed by atoms with Crippen molar-refractivity contribution in [2.45, 2.75) is 25.2 Å². The second-order valence-corrected chi connectivity index (χ2v) is 4.17. The molecule has 1 aromatic carbocycles. The molecule has 2 atom stereocenters. The predicted octanol–water partition coefficient (Wildman–Crippen LogP) is 1.49. The summed E-state index contributed by atoms with van der Waals surface area (Å²) in [6, 6.07) is 6.35. The molecule has 0 radical (unpaired) electrons. The van der Waals surface area contributed by atoms with E-state index < -0.39 is 5.79 Å². The first kappa shape index (κ1) is 11.5. The molecular formula is C12H15FO3. The molecule has 2 unspecified atom stereocenters. The maximum atomic E-state index is 13.0. The van der Waals surface area contributed by atoms with Crippen LogP contribution in [0.2, 0.25) is 0 Å². The maximum Gasteiger partial charge on any atom is 0.170 e. The second kappa shape index (κ2) is 4.49. The number of halogens is 1. The number of benzene rings is 1. The van der Waals surface area contributed by atoms with Gasteiger partial charge < -0.3 is 14.6 Å². The largest absolute Gasteiger partial charge is 0.394 e. The highest BCUT2D eigenvalue weighted by molar-refractivity contribution is 5.17. The van der Waals surface area contributed by atoms with E-state index in [2.05, 4.69) is 0 Å². The Morgan fingerprint density at radius 3 is 3.00 bits per heavy atom. The summed E-state index contributed by atoms with van der Waals surface area (Å²) in [6.07, 6.45) is 0.194. The van der Waals surface area contributed by atoms with Gasteiger partial charge in [-0.3, -0.25) is 0 Å². The van der Waals surface area contributed by atoms with Crippen LogP contribution < -0.4 is 0 Å². The van der Waals surface area contributed by atoms with Gasteiger partial charge in [0.1, 0.15) is 11.9 Å². The van der Waals surface area contributed by atoms with E-state index in [0.29, 0.717) is 13.0 Å². The fourth-order valence-electron chi connectivity index (χ4n) is 1.89. The summed E-state index contributed by atoms with van der Waals surface area (Å²) in [5.41, 5.74) is 0.820. The minimum Gasteiger partial charge on any atom is -0.394 e. The molecule has 0 aliphatic carbocycles. The molecule has 1 saturated heterocycles. The molecule has 3 nitrogen and oxygen atoms in total. The molecule has 1 heterocycles. The SMILES string of the molecule is CC1(Cc2cccc(F)c2)OCC(CO)O1. The van der Waals surface area contributed by atoms with Crippen LogP contribution in [-0.2, 0) is 15.9 Å². The maximum absolute atomic E-state index is 13.0. The Hall–Kier alpha value is -0.970. The topological polar surface area (TPSA) is 38.7 Å². The lowest BCUT2D eigenvalue weighted by molar-refractivity contribution is -0.156. The third-order valence-electron chi connectivity index (χ3n) is 2.61. The first-order valence-electron chi connectivity index (χ1n) is 5.28. The normalized spacial score (nSPS) is 29.6. The minimum atomic E-state index is -0.763. The van der Waals surface area contributed by atoms with Gasteiger partial charge in [-0.15, -0.1) is 0 Å². The number of aliphatic hydroxyl groups is 1. The first-order chi connectivity index (χ1) is 7.61. The van der Waals surface area contributed by atoms with E-state index in [1.165, 1.54) is 12.1 Å². The summed E-state index contributed by atoms with van der Waals surface area (Å²) >= 11 is 0. The van der Waals surface area contributed by atoms with Crippen molar-refractivity contribution in [1.82, 2.24) is 0 Å². The summed E-state index contributed by atoms with van der Waals surface area (Å²) in [5.74, 6) is -1.03. The molecule has 1 N–H and O–H groups in total. The number of ether oxygens (including phenoxy) is 2. The van der Waals surface area contributed by atoms with E-state index in [-0.39, 0.29) is 18.5 Å². The predicted molar refractivity (Wildman–Crippen MR) is 56.4 cm³/mol. The average Bonchev–Trinajstić information content (AvgIpc) is 2.60. The fraction of sp³-hybridized carbons (Fsp3) is 0.500. The molecule has 88 valence electrons. The lowest BCUT2D eigenvalue weighted by atomic mass is 10.1. The van der Waals surface area contributed by atoms with E-state index in [4.69, 9.17) is 14.6 Å². The highest BCUT2D eigenvalue weighted by Crippen LogP contribution is 2.27. The van der Waals surface area contributed by atoms with E-state index in [9.17, 15) is 4.39 Å². The minimum absolute atomic E-state index is 0.0568. The van der Waals surface area contributed by atoms with Crippen LogP contribution in [0.15, 0.2) is 24.3 Å². The Labute approximate surface area is 93.8 Å². The van der Waals surface area contributed by atoms with E-state index in [1.54, 1.807) is 13.0 Å². The van der Waals surface area contributed by atoms with E-state index in [0.717, 1.165) is 5.56 Å². The summed E-state index contributed by atoms with van der Waals surface area (Å²) in [4.78, 5) is 0. The van der Waals surface area contributed by atoms with E-state index >= 15 is 0 Å². The molecule has 0 amide bonds. The van der Waals surface area contributed by atoms with Crippen LogP contribution in [-0.4, -0.2) is 30.2 Å². The zero-order chi connectivity index (χ0) is 11.6. The summed E-state index contributed by atoms with van der Waals surface area (Å²) in [7, 11) is 0. The Kier molecular flexibility index (Phi) is 3.23. The Morgan fingerprint density at radius 2 is 2.38 bits per heavy atom. The van der Waals surface area contributed by atoms with Crippen molar-refractivity contribution in [3.05, 3.63) is 35.6 Å². The highest BCUT2D eigenvalue weighted by atomic mass is 19.1. The third-order valence-corrected chi connectivity index (χ3v) is 2.61. The van der Waals surface area contributed by atoms with Gasteiger partial charge in [0, 0.05) is 6.42 Å². The van der Waals surface area contributed by atoms with Crippen molar-refractivity contribution >= 4 is 0 Å². The lowest BCUT2D eigenvalue weighted by Gasteiger charge is -2.23. The van der Waals surface area contributed by atoms with Crippen LogP contribution >= 0.6 is 0 Å². The van der Waals surface area contributed by atoms with Crippen molar-refractivity contribution in [3.8, 4) is 0 Å². The molecule has 1 aliphatic heterocycles. The molecule has 0 bridgehead atoms. The van der Waals surface area contributed by atoms with Crippen molar-refractivity contribution in [2.24, 2.45) is 0 Å². The lowest BCUT2D eigenvalue weighted by Crippen LogP contribution is -2.30. The van der Waals surface area contributed by atoms with Gasteiger partial charge in [0.25, 0.3) is 0 Å². The van der Waals surface area contributed by atoms with Crippen LogP contribution in [0.3, 0.4) is 0 Å². The van der Waals surface area contributed by atoms with Crippen molar-refractivity contribution in [1.29, 1.82) is 0 Å². The average molecular weight is 226 g/mol. The zero-order valence-corrected chi connectivity index (χ0v) is 9.15. The smallest absolute Gasteiger partial charge is 0.170 e. The first-order valence-corrected chi connectivity index (χ1v) is 5.28. The molecule has 16 heavy (non-hydrogen) atoms. The van der Waals surface area contributed by atoms with Crippen LogP contribution in [0.4, 0.5) is 4.39 Å². The Bertz CT molecular complexity index is 369. The molecule has 1 aromatic rings. The fourth-order valence-corrected chi connectivity index (χ4v) is 1.89. The quantitative estimate of drug-likeness (QED) is 0.848. The molecule has 0 spiro atoms. The molecule has 1 aliphatic rings. The van der Waals surface area contributed by atoms with Crippen LogP contribution in [0.1, 0.15) is 12.5 Å². The van der Waals surface area contributed by atoms with Crippen molar-refractivity contribution in [2.75, 3.05) is 13.2 Å². The van der Waals surface area contributed by atoms with Crippen molar-refractivity contribution in [3.63, 3.8) is 0 Å². The van der Waals surface area contributed by atoms with Gasteiger partial charge in [0.05, 0.1) is 13.2 Å². The summed E-state index contributed by atoms with van der Waals surface area (Å²) < 4.78 is 24.0. The van der Waals surface area contributed by atoms with Gasteiger partial charge in [0.15, 0.2) is 5.79 Å². The zero-order valence-electron chi connectivity index (χ0n) is 9.15. The number of hydrogen-bond donors (Lipinski definition) is 1. The number of aliphatic hydroxyl groups excluding tert-OH is 1.